The number of benzene rings is 4. The van der Waals surface area contributed by atoms with Gasteiger partial charge < -0.3 is 15.5 Å². The van der Waals surface area contributed by atoms with Crippen LogP contribution in [0, 0.1) is 5.82 Å². The summed E-state index contributed by atoms with van der Waals surface area (Å²) in [5, 5.41) is 2.79. The van der Waals surface area contributed by atoms with Gasteiger partial charge in [0.25, 0.3) is 0 Å². The SMILES string of the molecule is NC1=C(C(=O)c2c[nH]c3ccccc23)C(c2ccc(F)cc2)c2c(ccc3ccccc23)O1. The molecule has 1 aliphatic rings. The van der Waals surface area contributed by atoms with Crippen LogP contribution in [0.5, 0.6) is 5.75 Å². The van der Waals surface area contributed by atoms with E-state index < -0.39 is 5.92 Å². The van der Waals surface area contributed by atoms with E-state index in [9.17, 15) is 9.18 Å². The Labute approximate surface area is 189 Å². The monoisotopic (exact) mass is 434 g/mol. The van der Waals surface area contributed by atoms with Gasteiger partial charge in [0.15, 0.2) is 11.7 Å². The van der Waals surface area contributed by atoms with Gasteiger partial charge in [0.2, 0.25) is 0 Å². The number of hydrogen-bond donors (Lipinski definition) is 2. The minimum absolute atomic E-state index is 0.0578. The van der Waals surface area contributed by atoms with Crippen LogP contribution >= 0.6 is 0 Å². The van der Waals surface area contributed by atoms with E-state index in [4.69, 9.17) is 10.5 Å². The van der Waals surface area contributed by atoms with Crippen molar-refractivity contribution in [3.05, 3.63) is 125 Å². The molecular formula is C28H19FN2O2. The average molecular weight is 434 g/mol. The van der Waals surface area contributed by atoms with Gasteiger partial charge in [-0.3, -0.25) is 4.79 Å². The third-order valence-electron chi connectivity index (χ3n) is 6.28. The van der Waals surface area contributed by atoms with Crippen molar-refractivity contribution in [1.82, 2.24) is 4.98 Å². The zero-order valence-electron chi connectivity index (χ0n) is 17.5. The van der Waals surface area contributed by atoms with Gasteiger partial charge in [0.05, 0.1) is 5.57 Å². The van der Waals surface area contributed by atoms with Gasteiger partial charge in [-0.2, -0.15) is 0 Å². The number of fused-ring (bicyclic) bond motifs is 4. The topological polar surface area (TPSA) is 68.1 Å². The van der Waals surface area contributed by atoms with E-state index in [2.05, 4.69) is 4.98 Å². The quantitative estimate of drug-likeness (QED) is 0.340. The predicted octanol–water partition coefficient (Wildman–Crippen LogP) is 6.04. The number of ketones is 1. The minimum atomic E-state index is -0.512. The maximum Gasteiger partial charge on any atom is 0.199 e. The molecule has 3 N–H and O–H groups in total. The summed E-state index contributed by atoms with van der Waals surface area (Å²) in [6.45, 7) is 0. The standard InChI is InChI=1S/C28H19FN2O2/c29-18-12-9-17(10-13-18)24-25-19-6-2-1-5-16(19)11-14-23(25)33-28(30)26(24)27(32)21-15-31-22-8-4-3-7-20(21)22/h1-15,24,31H,30H2. The summed E-state index contributed by atoms with van der Waals surface area (Å²) in [5.41, 5.74) is 9.73. The van der Waals surface area contributed by atoms with Crippen molar-refractivity contribution in [2.24, 2.45) is 5.73 Å². The van der Waals surface area contributed by atoms with Crippen LogP contribution in [0.3, 0.4) is 0 Å². The Bertz CT molecular complexity index is 1580. The van der Waals surface area contributed by atoms with Crippen molar-refractivity contribution in [3.63, 3.8) is 0 Å². The number of halogens is 1. The van der Waals surface area contributed by atoms with Crippen molar-refractivity contribution in [1.29, 1.82) is 0 Å². The summed E-state index contributed by atoms with van der Waals surface area (Å²) in [6.07, 6.45) is 1.70. The maximum atomic E-state index is 14.0. The summed E-state index contributed by atoms with van der Waals surface area (Å²) in [4.78, 5) is 17.1. The van der Waals surface area contributed by atoms with Crippen molar-refractivity contribution in [2.75, 3.05) is 0 Å². The third-order valence-corrected chi connectivity index (χ3v) is 6.28. The zero-order valence-corrected chi connectivity index (χ0v) is 17.5. The molecule has 0 amide bonds. The lowest BCUT2D eigenvalue weighted by molar-refractivity contribution is 0.102. The highest BCUT2D eigenvalue weighted by Gasteiger charge is 2.36. The van der Waals surface area contributed by atoms with Gasteiger partial charge in [0.1, 0.15) is 11.6 Å². The number of nitrogens with two attached hydrogens (primary N) is 1. The van der Waals surface area contributed by atoms with E-state index in [1.807, 2.05) is 60.7 Å². The molecule has 0 fully saturated rings. The van der Waals surface area contributed by atoms with Crippen molar-refractivity contribution in [3.8, 4) is 5.75 Å². The van der Waals surface area contributed by atoms with Crippen LogP contribution in [0.1, 0.15) is 27.4 Å². The van der Waals surface area contributed by atoms with E-state index in [0.717, 1.165) is 32.8 Å². The van der Waals surface area contributed by atoms with Gasteiger partial charge in [-0.05, 0) is 40.6 Å². The van der Waals surface area contributed by atoms with Crippen LogP contribution in [0.15, 0.2) is 103 Å². The van der Waals surface area contributed by atoms with Crippen LogP contribution in [-0.2, 0) is 0 Å². The molecule has 0 saturated heterocycles. The van der Waals surface area contributed by atoms with Gasteiger partial charge in [-0.1, -0.05) is 60.7 Å². The number of aromatic nitrogens is 1. The van der Waals surface area contributed by atoms with Crippen LogP contribution in [0.2, 0.25) is 0 Å². The van der Waals surface area contributed by atoms with Crippen LogP contribution < -0.4 is 10.5 Å². The Hall–Kier alpha value is -4.38. The number of ether oxygens (including phenoxy) is 1. The van der Waals surface area contributed by atoms with Crippen LogP contribution in [0.25, 0.3) is 21.7 Å². The molecule has 1 atom stereocenters. The minimum Gasteiger partial charge on any atom is -0.441 e. The summed E-state index contributed by atoms with van der Waals surface area (Å²) >= 11 is 0. The van der Waals surface area contributed by atoms with Crippen LogP contribution in [-0.4, -0.2) is 10.8 Å². The molecular weight excluding hydrogens is 415 g/mol. The number of carbonyl (C=O) groups is 1. The second-order valence-corrected chi connectivity index (χ2v) is 8.14. The van der Waals surface area contributed by atoms with E-state index in [1.165, 1.54) is 12.1 Å². The van der Waals surface area contributed by atoms with E-state index in [-0.39, 0.29) is 17.5 Å². The molecule has 33 heavy (non-hydrogen) atoms. The Morgan fingerprint density at radius 3 is 2.42 bits per heavy atom. The Morgan fingerprint density at radius 2 is 1.61 bits per heavy atom. The van der Waals surface area contributed by atoms with Crippen molar-refractivity contribution < 1.29 is 13.9 Å². The molecule has 1 unspecified atom stereocenters. The van der Waals surface area contributed by atoms with Gasteiger partial charge in [0, 0.05) is 34.1 Å². The highest BCUT2D eigenvalue weighted by molar-refractivity contribution is 6.17. The second-order valence-electron chi connectivity index (χ2n) is 8.14. The third kappa shape index (κ3) is 3.01. The van der Waals surface area contributed by atoms with Crippen molar-refractivity contribution in [2.45, 2.75) is 5.92 Å². The number of allylic oxidation sites excluding steroid dienone is 1. The highest BCUT2D eigenvalue weighted by atomic mass is 19.1. The van der Waals surface area contributed by atoms with Crippen molar-refractivity contribution >= 4 is 27.5 Å². The normalized spacial score (nSPS) is 15.5. The highest BCUT2D eigenvalue weighted by Crippen LogP contribution is 2.47. The van der Waals surface area contributed by atoms with E-state index in [0.29, 0.717) is 16.9 Å². The van der Waals surface area contributed by atoms with Gasteiger partial charge in [-0.25, -0.2) is 4.39 Å². The summed E-state index contributed by atoms with van der Waals surface area (Å²) < 4.78 is 19.8. The lowest BCUT2D eigenvalue weighted by Crippen LogP contribution is -2.26. The smallest absolute Gasteiger partial charge is 0.199 e. The predicted molar refractivity (Wildman–Crippen MR) is 127 cm³/mol. The molecule has 5 heteroatoms. The number of carbonyl (C=O) groups excluding carboxylic acids is 1. The average Bonchev–Trinajstić information content (AvgIpc) is 3.27. The molecule has 1 aromatic heterocycles. The lowest BCUT2D eigenvalue weighted by Gasteiger charge is -2.30. The van der Waals surface area contributed by atoms with E-state index in [1.54, 1.807) is 18.3 Å². The number of Topliss-reactive ketones (excluding diaryl/α,β-unsaturated/α-hetero) is 1. The number of aromatic amines is 1. The Morgan fingerprint density at radius 1 is 0.879 bits per heavy atom. The molecule has 6 rings (SSSR count). The Balaban J connectivity index is 1.62. The molecule has 5 aromatic rings. The first kappa shape index (κ1) is 19.3. The molecule has 4 nitrogen and oxygen atoms in total. The maximum absolute atomic E-state index is 14.0. The first-order chi connectivity index (χ1) is 16.1. The molecule has 0 saturated carbocycles. The molecule has 1 aliphatic heterocycles. The Kier molecular flexibility index (Phi) is 4.30. The number of nitrogens with one attached hydrogen (secondary N) is 1. The molecule has 0 aliphatic carbocycles. The fourth-order valence-electron chi connectivity index (χ4n) is 4.76. The van der Waals surface area contributed by atoms with Gasteiger partial charge in [-0.15, -0.1) is 0 Å². The summed E-state index contributed by atoms with van der Waals surface area (Å²) in [7, 11) is 0. The molecule has 0 bridgehead atoms. The fraction of sp³-hybridized carbons (Fsp3) is 0.0357. The summed E-state index contributed by atoms with van der Waals surface area (Å²) in [5.74, 6) is -0.428. The molecule has 2 heterocycles. The number of rotatable bonds is 3. The molecule has 0 radical (unpaired) electrons. The molecule has 160 valence electrons. The second kappa shape index (κ2) is 7.35. The summed E-state index contributed by atoms with van der Waals surface area (Å²) in [6, 6.07) is 25.6. The molecule has 4 aromatic carbocycles. The van der Waals surface area contributed by atoms with E-state index >= 15 is 0 Å². The van der Waals surface area contributed by atoms with Gasteiger partial charge >= 0.3 is 0 Å². The fourth-order valence-corrected chi connectivity index (χ4v) is 4.76. The molecule has 0 spiro atoms. The van der Waals surface area contributed by atoms with Crippen LogP contribution in [0.4, 0.5) is 4.39 Å². The number of H-pyrrole nitrogens is 1. The first-order valence-corrected chi connectivity index (χ1v) is 10.7. The first-order valence-electron chi connectivity index (χ1n) is 10.7. The lowest BCUT2D eigenvalue weighted by atomic mass is 9.78. The largest absolute Gasteiger partial charge is 0.441 e. The number of hydrogen-bond acceptors (Lipinski definition) is 3. The number of para-hydroxylation sites is 1. The zero-order chi connectivity index (χ0) is 22.5.